The van der Waals surface area contributed by atoms with Crippen molar-refractivity contribution in [3.63, 3.8) is 0 Å². The van der Waals surface area contributed by atoms with Crippen LogP contribution in [0.4, 0.5) is 22.7 Å². The standard InChI is InChI=1S/C18H18N4O/c23-18-13-16(21-19-14-7-3-1-4-8-14)11-12-17(18)22-20-15-9-5-2-6-10-15/h1-13,19-23H. The van der Waals surface area contributed by atoms with Crippen molar-refractivity contribution < 1.29 is 5.11 Å². The Labute approximate surface area is 134 Å². The lowest BCUT2D eigenvalue weighted by molar-refractivity contribution is 0.478. The normalized spacial score (nSPS) is 9.91. The van der Waals surface area contributed by atoms with Crippen LogP contribution in [0.2, 0.25) is 0 Å². The Bertz CT molecular complexity index is 747. The van der Waals surface area contributed by atoms with Crippen LogP contribution in [0.1, 0.15) is 0 Å². The van der Waals surface area contributed by atoms with Gasteiger partial charge in [-0.1, -0.05) is 36.4 Å². The summed E-state index contributed by atoms with van der Waals surface area (Å²) in [6.45, 7) is 0. The van der Waals surface area contributed by atoms with E-state index in [0.717, 1.165) is 17.1 Å². The summed E-state index contributed by atoms with van der Waals surface area (Å²) in [4.78, 5) is 0. The lowest BCUT2D eigenvalue weighted by Crippen LogP contribution is -2.10. The molecule has 116 valence electrons. The molecule has 3 aromatic carbocycles. The number of benzene rings is 3. The van der Waals surface area contributed by atoms with E-state index in [1.807, 2.05) is 66.7 Å². The Kier molecular flexibility index (Phi) is 4.49. The molecule has 0 fully saturated rings. The number of rotatable bonds is 6. The van der Waals surface area contributed by atoms with Gasteiger partial charge in [-0.05, 0) is 36.4 Å². The van der Waals surface area contributed by atoms with E-state index >= 15 is 0 Å². The van der Waals surface area contributed by atoms with Crippen LogP contribution in [0.5, 0.6) is 5.75 Å². The summed E-state index contributed by atoms with van der Waals surface area (Å²) >= 11 is 0. The third kappa shape index (κ3) is 4.07. The summed E-state index contributed by atoms with van der Waals surface area (Å²) in [6.07, 6.45) is 0. The molecule has 0 bridgehead atoms. The summed E-state index contributed by atoms with van der Waals surface area (Å²) in [7, 11) is 0. The van der Waals surface area contributed by atoms with Crippen molar-refractivity contribution in [2.24, 2.45) is 0 Å². The summed E-state index contributed by atoms with van der Waals surface area (Å²) in [5, 5.41) is 10.1. The predicted octanol–water partition coefficient (Wildman–Crippen LogP) is 4.27. The Morgan fingerprint density at radius 3 is 1.61 bits per heavy atom. The number of para-hydroxylation sites is 2. The quantitative estimate of drug-likeness (QED) is 0.347. The van der Waals surface area contributed by atoms with Gasteiger partial charge < -0.3 is 21.4 Å². The van der Waals surface area contributed by atoms with E-state index in [9.17, 15) is 5.11 Å². The van der Waals surface area contributed by atoms with Gasteiger partial charge in [-0.25, -0.2) is 0 Å². The van der Waals surface area contributed by atoms with E-state index < -0.39 is 0 Å². The average molecular weight is 306 g/mol. The number of hydrogen-bond acceptors (Lipinski definition) is 5. The van der Waals surface area contributed by atoms with Crippen molar-refractivity contribution >= 4 is 22.7 Å². The summed E-state index contributed by atoms with van der Waals surface area (Å²) in [6, 6.07) is 24.7. The van der Waals surface area contributed by atoms with Crippen LogP contribution >= 0.6 is 0 Å². The topological polar surface area (TPSA) is 68.3 Å². The molecule has 0 aliphatic carbocycles. The molecule has 0 aliphatic heterocycles. The largest absolute Gasteiger partial charge is 0.506 e. The highest BCUT2D eigenvalue weighted by Crippen LogP contribution is 2.27. The van der Waals surface area contributed by atoms with Gasteiger partial charge in [0.2, 0.25) is 0 Å². The van der Waals surface area contributed by atoms with Crippen molar-refractivity contribution in [3.05, 3.63) is 78.9 Å². The Morgan fingerprint density at radius 2 is 1.04 bits per heavy atom. The van der Waals surface area contributed by atoms with Crippen molar-refractivity contribution in [2.75, 3.05) is 21.7 Å². The maximum atomic E-state index is 10.1. The first-order valence-corrected chi connectivity index (χ1v) is 7.28. The Balaban J connectivity index is 1.59. The molecule has 23 heavy (non-hydrogen) atoms. The van der Waals surface area contributed by atoms with E-state index in [2.05, 4.69) is 21.7 Å². The summed E-state index contributed by atoms with van der Waals surface area (Å²) in [5.74, 6) is 0.147. The molecule has 0 spiro atoms. The zero-order valence-corrected chi connectivity index (χ0v) is 12.5. The second-order valence-corrected chi connectivity index (χ2v) is 4.96. The van der Waals surface area contributed by atoms with Gasteiger partial charge >= 0.3 is 0 Å². The third-order valence-electron chi connectivity index (χ3n) is 3.24. The molecule has 0 saturated heterocycles. The number of hydrogen-bond donors (Lipinski definition) is 5. The first kappa shape index (κ1) is 14.6. The van der Waals surface area contributed by atoms with Crippen LogP contribution in [-0.4, -0.2) is 5.11 Å². The molecule has 5 heteroatoms. The van der Waals surface area contributed by atoms with Gasteiger partial charge in [-0.2, -0.15) is 0 Å². The lowest BCUT2D eigenvalue weighted by atomic mass is 10.2. The molecule has 0 atom stereocenters. The smallest absolute Gasteiger partial charge is 0.142 e. The SMILES string of the molecule is Oc1cc(NNc2ccccc2)ccc1NNc1ccccc1. The van der Waals surface area contributed by atoms with Gasteiger partial charge in [0, 0.05) is 6.07 Å². The second kappa shape index (κ2) is 7.09. The molecule has 0 heterocycles. The minimum absolute atomic E-state index is 0.147. The molecule has 0 aliphatic rings. The molecule has 3 rings (SSSR count). The monoisotopic (exact) mass is 306 g/mol. The molecule has 0 radical (unpaired) electrons. The number of hydrazine groups is 2. The van der Waals surface area contributed by atoms with Gasteiger partial charge in [0.15, 0.2) is 0 Å². The van der Waals surface area contributed by atoms with Crippen molar-refractivity contribution in [1.29, 1.82) is 0 Å². The molecule has 0 aromatic heterocycles. The van der Waals surface area contributed by atoms with Crippen molar-refractivity contribution in [3.8, 4) is 5.75 Å². The average Bonchev–Trinajstić information content (AvgIpc) is 2.61. The number of nitrogens with one attached hydrogen (secondary N) is 4. The van der Waals surface area contributed by atoms with Crippen LogP contribution in [-0.2, 0) is 0 Å². The predicted molar refractivity (Wildman–Crippen MR) is 95.5 cm³/mol. The van der Waals surface area contributed by atoms with Crippen LogP contribution in [0.25, 0.3) is 0 Å². The highest BCUT2D eigenvalue weighted by Gasteiger charge is 2.02. The van der Waals surface area contributed by atoms with Crippen LogP contribution in [0.15, 0.2) is 78.9 Å². The summed E-state index contributed by atoms with van der Waals surface area (Å²) < 4.78 is 0. The van der Waals surface area contributed by atoms with Gasteiger partial charge in [-0.15, -0.1) is 0 Å². The number of phenolic OH excluding ortho intramolecular Hbond substituents is 1. The second-order valence-electron chi connectivity index (χ2n) is 4.96. The van der Waals surface area contributed by atoms with E-state index in [4.69, 9.17) is 0 Å². The number of anilines is 4. The molecule has 0 saturated carbocycles. The van der Waals surface area contributed by atoms with E-state index in [1.54, 1.807) is 12.1 Å². The molecule has 0 unspecified atom stereocenters. The van der Waals surface area contributed by atoms with Gasteiger partial charge in [-0.3, -0.25) is 5.43 Å². The lowest BCUT2D eigenvalue weighted by Gasteiger charge is -2.14. The van der Waals surface area contributed by atoms with Gasteiger partial charge in [0.1, 0.15) is 5.75 Å². The zero-order chi connectivity index (χ0) is 15.9. The van der Waals surface area contributed by atoms with E-state index in [1.165, 1.54) is 0 Å². The molecule has 0 amide bonds. The number of aromatic hydroxyl groups is 1. The van der Waals surface area contributed by atoms with Crippen molar-refractivity contribution in [2.45, 2.75) is 0 Å². The fraction of sp³-hybridized carbons (Fsp3) is 0. The fourth-order valence-corrected chi connectivity index (χ4v) is 2.04. The van der Waals surface area contributed by atoms with Gasteiger partial charge in [0.25, 0.3) is 0 Å². The first-order chi connectivity index (χ1) is 11.3. The molecule has 5 nitrogen and oxygen atoms in total. The third-order valence-corrected chi connectivity index (χ3v) is 3.24. The molecule has 5 N–H and O–H groups in total. The summed E-state index contributed by atoms with van der Waals surface area (Å²) in [5.41, 5.74) is 15.3. The maximum Gasteiger partial charge on any atom is 0.142 e. The van der Waals surface area contributed by atoms with Crippen LogP contribution in [0.3, 0.4) is 0 Å². The van der Waals surface area contributed by atoms with Crippen molar-refractivity contribution in [1.82, 2.24) is 0 Å². The Morgan fingerprint density at radius 1 is 0.522 bits per heavy atom. The maximum absolute atomic E-state index is 10.1. The highest BCUT2D eigenvalue weighted by atomic mass is 16.3. The highest BCUT2D eigenvalue weighted by molar-refractivity contribution is 5.66. The zero-order valence-electron chi connectivity index (χ0n) is 12.5. The molecular weight excluding hydrogens is 288 g/mol. The van der Waals surface area contributed by atoms with E-state index in [0.29, 0.717) is 5.69 Å². The van der Waals surface area contributed by atoms with Crippen LogP contribution < -0.4 is 21.7 Å². The minimum Gasteiger partial charge on any atom is -0.506 e. The molecule has 3 aromatic rings. The molecular formula is C18H18N4O. The minimum atomic E-state index is 0.147. The van der Waals surface area contributed by atoms with E-state index in [-0.39, 0.29) is 5.75 Å². The fourth-order valence-electron chi connectivity index (χ4n) is 2.04. The van der Waals surface area contributed by atoms with Crippen LogP contribution in [0, 0.1) is 0 Å². The van der Waals surface area contributed by atoms with Gasteiger partial charge in [0.05, 0.1) is 22.7 Å². The number of phenols is 1. The first-order valence-electron chi connectivity index (χ1n) is 7.28. The Hall–Kier alpha value is -3.34.